The molecule has 0 aromatic heterocycles. The van der Waals surface area contributed by atoms with E-state index < -0.39 is 20.9 Å². The number of hydrogen-bond donors (Lipinski definition) is 2. The quantitative estimate of drug-likeness (QED) is 0.424. The molecule has 154 valence electrons. The van der Waals surface area contributed by atoms with Crippen LogP contribution in [0.15, 0.2) is 71.6 Å². The van der Waals surface area contributed by atoms with E-state index in [1.165, 1.54) is 42.5 Å². The maximum absolute atomic E-state index is 12.6. The van der Waals surface area contributed by atoms with E-state index in [4.69, 9.17) is 11.6 Å². The number of rotatable bonds is 6. The van der Waals surface area contributed by atoms with E-state index >= 15 is 0 Å². The van der Waals surface area contributed by atoms with Crippen molar-refractivity contribution in [2.75, 3.05) is 10.0 Å². The van der Waals surface area contributed by atoms with Gasteiger partial charge in [-0.1, -0.05) is 17.7 Å². The SMILES string of the molecule is Cc1cc(Cl)ccc1NS(=O)(=O)c1ccc(NC(=O)c2cccc([N+](=O)[O-])c2)cc1. The normalized spacial score (nSPS) is 11.0. The highest BCUT2D eigenvalue weighted by Crippen LogP contribution is 2.24. The number of halogens is 1. The Kier molecular flexibility index (Phi) is 6.04. The second kappa shape index (κ2) is 8.52. The Morgan fingerprint density at radius 3 is 2.37 bits per heavy atom. The van der Waals surface area contributed by atoms with Gasteiger partial charge in [0.15, 0.2) is 0 Å². The summed E-state index contributed by atoms with van der Waals surface area (Å²) in [5.41, 5.74) is 1.33. The molecule has 3 rings (SSSR count). The van der Waals surface area contributed by atoms with Gasteiger partial charge in [0.25, 0.3) is 21.6 Å². The van der Waals surface area contributed by atoms with Crippen LogP contribution < -0.4 is 10.0 Å². The highest BCUT2D eigenvalue weighted by atomic mass is 35.5. The molecule has 0 saturated carbocycles. The predicted molar refractivity (Wildman–Crippen MR) is 114 cm³/mol. The summed E-state index contributed by atoms with van der Waals surface area (Å²) < 4.78 is 27.7. The molecule has 2 N–H and O–H groups in total. The summed E-state index contributed by atoms with van der Waals surface area (Å²) in [4.78, 5) is 22.6. The molecule has 3 aromatic rings. The standard InChI is InChI=1S/C20H16ClN3O5S/c1-13-11-15(21)5-10-19(13)23-30(28,29)18-8-6-16(7-9-18)22-20(25)14-3-2-4-17(12-14)24(26)27/h2-12,23H,1H3,(H,22,25). The van der Waals surface area contributed by atoms with Crippen molar-refractivity contribution < 1.29 is 18.1 Å². The molecule has 0 radical (unpaired) electrons. The first kappa shape index (κ1) is 21.3. The Morgan fingerprint density at radius 2 is 1.73 bits per heavy atom. The molecule has 10 heteroatoms. The maximum Gasteiger partial charge on any atom is 0.270 e. The number of sulfonamides is 1. The van der Waals surface area contributed by atoms with Gasteiger partial charge in [0.2, 0.25) is 0 Å². The summed E-state index contributed by atoms with van der Waals surface area (Å²) in [6.45, 7) is 1.73. The smallest absolute Gasteiger partial charge is 0.270 e. The number of amides is 1. The highest BCUT2D eigenvalue weighted by molar-refractivity contribution is 7.92. The van der Waals surface area contributed by atoms with Gasteiger partial charge in [-0.2, -0.15) is 0 Å². The third kappa shape index (κ3) is 4.94. The van der Waals surface area contributed by atoms with Crippen LogP contribution in [0.2, 0.25) is 5.02 Å². The Balaban J connectivity index is 1.74. The summed E-state index contributed by atoms with van der Waals surface area (Å²) in [7, 11) is -3.84. The molecule has 30 heavy (non-hydrogen) atoms. The fourth-order valence-electron chi connectivity index (χ4n) is 2.63. The zero-order valence-electron chi connectivity index (χ0n) is 15.6. The van der Waals surface area contributed by atoms with Crippen molar-refractivity contribution in [1.29, 1.82) is 0 Å². The van der Waals surface area contributed by atoms with Crippen LogP contribution in [-0.2, 0) is 10.0 Å². The van der Waals surface area contributed by atoms with E-state index in [0.717, 1.165) is 6.07 Å². The number of nitro benzene ring substituents is 1. The van der Waals surface area contributed by atoms with Crippen LogP contribution in [0.5, 0.6) is 0 Å². The first-order valence-electron chi connectivity index (χ1n) is 8.60. The lowest BCUT2D eigenvalue weighted by Gasteiger charge is -2.11. The molecule has 0 aliphatic carbocycles. The maximum atomic E-state index is 12.6. The largest absolute Gasteiger partial charge is 0.322 e. The molecule has 0 bridgehead atoms. The first-order valence-corrected chi connectivity index (χ1v) is 10.5. The van der Waals surface area contributed by atoms with Gasteiger partial charge in [0, 0.05) is 28.4 Å². The number of nitrogens with one attached hydrogen (secondary N) is 2. The van der Waals surface area contributed by atoms with Crippen LogP contribution in [0.4, 0.5) is 17.1 Å². The second-order valence-electron chi connectivity index (χ2n) is 6.35. The molecule has 0 aliphatic rings. The van der Waals surface area contributed by atoms with Gasteiger partial charge in [-0.25, -0.2) is 8.42 Å². The minimum atomic E-state index is -3.84. The van der Waals surface area contributed by atoms with E-state index in [0.29, 0.717) is 22.0 Å². The first-order chi connectivity index (χ1) is 14.2. The van der Waals surface area contributed by atoms with Gasteiger partial charge in [0.1, 0.15) is 0 Å². The summed E-state index contributed by atoms with van der Waals surface area (Å²) in [6.07, 6.45) is 0. The van der Waals surface area contributed by atoms with Crippen molar-refractivity contribution in [2.45, 2.75) is 11.8 Å². The lowest BCUT2D eigenvalue weighted by molar-refractivity contribution is -0.384. The van der Waals surface area contributed by atoms with Crippen LogP contribution in [0.3, 0.4) is 0 Å². The van der Waals surface area contributed by atoms with Gasteiger partial charge in [-0.3, -0.25) is 19.6 Å². The summed E-state index contributed by atoms with van der Waals surface area (Å²) in [5, 5.41) is 13.9. The average molecular weight is 446 g/mol. The number of benzene rings is 3. The fourth-order valence-corrected chi connectivity index (χ4v) is 3.98. The van der Waals surface area contributed by atoms with Crippen LogP contribution in [0.1, 0.15) is 15.9 Å². The van der Waals surface area contributed by atoms with E-state index in [1.54, 1.807) is 25.1 Å². The van der Waals surface area contributed by atoms with Crippen LogP contribution in [0.25, 0.3) is 0 Å². The number of aryl methyl sites for hydroxylation is 1. The molecule has 0 spiro atoms. The summed E-state index contributed by atoms with van der Waals surface area (Å²) >= 11 is 5.89. The lowest BCUT2D eigenvalue weighted by Crippen LogP contribution is -2.15. The molecule has 0 aliphatic heterocycles. The van der Waals surface area contributed by atoms with Crippen LogP contribution >= 0.6 is 11.6 Å². The van der Waals surface area contributed by atoms with Gasteiger partial charge >= 0.3 is 0 Å². The average Bonchev–Trinajstić information content (AvgIpc) is 2.70. The van der Waals surface area contributed by atoms with Crippen molar-refractivity contribution in [3.63, 3.8) is 0 Å². The fraction of sp³-hybridized carbons (Fsp3) is 0.0500. The Labute approximate surface area is 177 Å². The Bertz CT molecular complexity index is 1230. The Hall–Kier alpha value is -3.43. The monoisotopic (exact) mass is 445 g/mol. The minimum absolute atomic E-state index is 0.00481. The molecule has 8 nitrogen and oxygen atoms in total. The lowest BCUT2D eigenvalue weighted by atomic mass is 10.2. The highest BCUT2D eigenvalue weighted by Gasteiger charge is 2.16. The molecule has 1 amide bonds. The number of carbonyl (C=O) groups excluding carboxylic acids is 1. The van der Waals surface area contributed by atoms with Crippen molar-refractivity contribution in [1.82, 2.24) is 0 Å². The van der Waals surface area contributed by atoms with Gasteiger partial charge in [-0.15, -0.1) is 0 Å². The van der Waals surface area contributed by atoms with E-state index in [9.17, 15) is 23.3 Å². The molecule has 0 atom stereocenters. The summed E-state index contributed by atoms with van der Waals surface area (Å²) in [6, 6.07) is 15.6. The summed E-state index contributed by atoms with van der Waals surface area (Å²) in [5.74, 6) is -0.552. The van der Waals surface area contributed by atoms with Crippen molar-refractivity contribution in [3.05, 3.63) is 93.0 Å². The van der Waals surface area contributed by atoms with Crippen molar-refractivity contribution in [3.8, 4) is 0 Å². The van der Waals surface area contributed by atoms with Crippen molar-refractivity contribution in [2.24, 2.45) is 0 Å². The molecule has 0 fully saturated rings. The van der Waals surface area contributed by atoms with E-state index in [2.05, 4.69) is 10.0 Å². The van der Waals surface area contributed by atoms with Gasteiger partial charge < -0.3 is 5.32 Å². The zero-order valence-corrected chi connectivity index (χ0v) is 17.2. The van der Waals surface area contributed by atoms with Crippen LogP contribution in [0, 0.1) is 17.0 Å². The zero-order chi connectivity index (χ0) is 21.9. The predicted octanol–water partition coefficient (Wildman–Crippen LogP) is 4.61. The van der Waals surface area contributed by atoms with E-state index in [1.807, 2.05) is 0 Å². The molecule has 0 heterocycles. The second-order valence-corrected chi connectivity index (χ2v) is 8.47. The molecular weight excluding hydrogens is 430 g/mol. The molecule has 0 saturated heterocycles. The molecule has 0 unspecified atom stereocenters. The number of nitrogens with zero attached hydrogens (tertiary/aromatic N) is 1. The number of anilines is 2. The van der Waals surface area contributed by atoms with Crippen LogP contribution in [-0.4, -0.2) is 19.2 Å². The molecule has 3 aromatic carbocycles. The third-order valence-electron chi connectivity index (χ3n) is 4.17. The third-order valence-corrected chi connectivity index (χ3v) is 5.79. The number of carbonyl (C=O) groups is 1. The minimum Gasteiger partial charge on any atom is -0.322 e. The number of non-ortho nitro benzene ring substituents is 1. The topological polar surface area (TPSA) is 118 Å². The van der Waals surface area contributed by atoms with Gasteiger partial charge in [0.05, 0.1) is 15.5 Å². The number of nitro groups is 1. The van der Waals surface area contributed by atoms with Crippen molar-refractivity contribution >= 4 is 44.6 Å². The molecular formula is C20H16ClN3O5S. The number of hydrogen-bond acceptors (Lipinski definition) is 5. The van der Waals surface area contributed by atoms with Gasteiger partial charge in [-0.05, 0) is 61.0 Å². The van der Waals surface area contributed by atoms with E-state index in [-0.39, 0.29) is 16.1 Å². The Morgan fingerprint density at radius 1 is 1.03 bits per heavy atom.